The highest BCUT2D eigenvalue weighted by atomic mass is 16.5. The first kappa shape index (κ1) is 15.5. The van der Waals surface area contributed by atoms with Crippen LogP contribution in [0.2, 0.25) is 0 Å². The summed E-state index contributed by atoms with van der Waals surface area (Å²) in [5.74, 6) is -0.265. The van der Waals surface area contributed by atoms with Crippen LogP contribution in [-0.2, 0) is 14.3 Å². The molecule has 0 aliphatic heterocycles. The number of nitrogens with one attached hydrogen (secondary N) is 1. The lowest BCUT2D eigenvalue weighted by molar-refractivity contribution is -0.137. The van der Waals surface area contributed by atoms with E-state index in [2.05, 4.69) is 16.6 Å². The lowest BCUT2D eigenvalue weighted by Gasteiger charge is -2.05. The summed E-state index contributed by atoms with van der Waals surface area (Å²) < 4.78 is 9.98. The topological polar surface area (TPSA) is 64.6 Å². The SMILES string of the molecule is C=CCOc1ccc(NC(=O)/C=C/C(=O)OCC)cc1. The van der Waals surface area contributed by atoms with Crippen LogP contribution in [0.15, 0.2) is 49.1 Å². The van der Waals surface area contributed by atoms with Gasteiger partial charge in [0.1, 0.15) is 12.4 Å². The van der Waals surface area contributed by atoms with Crippen molar-refractivity contribution >= 4 is 17.6 Å². The maximum Gasteiger partial charge on any atom is 0.330 e. The van der Waals surface area contributed by atoms with E-state index in [9.17, 15) is 9.59 Å². The van der Waals surface area contributed by atoms with Crippen molar-refractivity contribution in [3.05, 3.63) is 49.1 Å². The van der Waals surface area contributed by atoms with Crippen LogP contribution in [0.1, 0.15) is 6.92 Å². The van der Waals surface area contributed by atoms with Gasteiger partial charge in [0, 0.05) is 17.8 Å². The minimum Gasteiger partial charge on any atom is -0.490 e. The number of esters is 1. The maximum atomic E-state index is 11.5. The molecule has 5 heteroatoms. The molecule has 20 heavy (non-hydrogen) atoms. The zero-order valence-corrected chi connectivity index (χ0v) is 11.3. The summed E-state index contributed by atoms with van der Waals surface area (Å²) >= 11 is 0. The molecular weight excluding hydrogens is 258 g/mol. The lowest BCUT2D eigenvalue weighted by Crippen LogP contribution is -2.09. The Kier molecular flexibility index (Phi) is 6.61. The number of anilines is 1. The second-order valence-electron chi connectivity index (χ2n) is 3.70. The molecule has 0 aliphatic rings. The number of hydrogen-bond donors (Lipinski definition) is 1. The largest absolute Gasteiger partial charge is 0.490 e. The Balaban J connectivity index is 2.49. The summed E-state index contributed by atoms with van der Waals surface area (Å²) in [6, 6.07) is 6.87. The fraction of sp³-hybridized carbons (Fsp3) is 0.200. The number of amides is 1. The smallest absolute Gasteiger partial charge is 0.330 e. The molecule has 0 radical (unpaired) electrons. The zero-order chi connectivity index (χ0) is 14.8. The highest BCUT2D eigenvalue weighted by Gasteiger charge is 2.00. The molecule has 5 nitrogen and oxygen atoms in total. The summed E-state index contributed by atoms with van der Waals surface area (Å²) in [5, 5.41) is 2.61. The van der Waals surface area contributed by atoms with Gasteiger partial charge in [-0.05, 0) is 31.2 Å². The molecule has 1 N–H and O–H groups in total. The van der Waals surface area contributed by atoms with Gasteiger partial charge in [0.2, 0.25) is 5.91 Å². The Labute approximate surface area is 117 Å². The number of benzene rings is 1. The molecule has 0 aromatic heterocycles. The van der Waals surface area contributed by atoms with Crippen LogP contribution in [-0.4, -0.2) is 25.1 Å². The molecule has 0 unspecified atom stereocenters. The molecule has 0 spiro atoms. The van der Waals surface area contributed by atoms with Crippen molar-refractivity contribution in [3.8, 4) is 5.75 Å². The van der Waals surface area contributed by atoms with E-state index in [1.54, 1.807) is 37.3 Å². The summed E-state index contributed by atoms with van der Waals surface area (Å²) in [6.07, 6.45) is 3.86. The van der Waals surface area contributed by atoms with E-state index in [1.807, 2.05) is 0 Å². The van der Waals surface area contributed by atoms with Crippen LogP contribution < -0.4 is 10.1 Å². The van der Waals surface area contributed by atoms with E-state index in [-0.39, 0.29) is 6.61 Å². The van der Waals surface area contributed by atoms with Gasteiger partial charge in [-0.1, -0.05) is 12.7 Å². The van der Waals surface area contributed by atoms with Crippen LogP contribution in [0.4, 0.5) is 5.69 Å². The number of rotatable bonds is 7. The molecule has 1 amide bonds. The summed E-state index contributed by atoms with van der Waals surface area (Å²) in [5.41, 5.74) is 0.606. The third-order valence-corrected chi connectivity index (χ3v) is 2.15. The third kappa shape index (κ3) is 5.86. The first-order valence-electron chi connectivity index (χ1n) is 6.15. The fourth-order valence-electron chi connectivity index (χ4n) is 1.31. The Bertz CT molecular complexity index is 491. The van der Waals surface area contributed by atoms with Gasteiger partial charge in [-0.25, -0.2) is 4.79 Å². The van der Waals surface area contributed by atoms with Gasteiger partial charge in [0.15, 0.2) is 0 Å². The van der Waals surface area contributed by atoms with Gasteiger partial charge in [-0.2, -0.15) is 0 Å². The Hall–Kier alpha value is -2.56. The van der Waals surface area contributed by atoms with Crippen molar-refractivity contribution < 1.29 is 19.1 Å². The lowest BCUT2D eigenvalue weighted by atomic mass is 10.3. The van der Waals surface area contributed by atoms with E-state index < -0.39 is 11.9 Å². The summed E-state index contributed by atoms with van der Waals surface area (Å²) in [6.45, 7) is 5.95. The number of hydrogen-bond acceptors (Lipinski definition) is 4. The van der Waals surface area contributed by atoms with Crippen LogP contribution in [0.5, 0.6) is 5.75 Å². The summed E-state index contributed by atoms with van der Waals surface area (Å²) in [7, 11) is 0. The number of carbonyl (C=O) groups excluding carboxylic acids is 2. The quantitative estimate of drug-likeness (QED) is 0.471. The van der Waals surface area contributed by atoms with E-state index in [4.69, 9.17) is 4.74 Å². The van der Waals surface area contributed by atoms with Gasteiger partial charge in [-0.3, -0.25) is 4.79 Å². The Morgan fingerprint density at radius 3 is 2.55 bits per heavy atom. The molecule has 0 aliphatic carbocycles. The predicted octanol–water partition coefficient (Wildman–Crippen LogP) is 2.31. The van der Waals surface area contributed by atoms with E-state index in [0.29, 0.717) is 18.0 Å². The molecule has 0 heterocycles. The number of ether oxygens (including phenoxy) is 2. The monoisotopic (exact) mass is 275 g/mol. The molecule has 1 rings (SSSR count). The standard InChI is InChI=1S/C15H17NO4/c1-3-11-20-13-7-5-12(6-8-13)16-14(17)9-10-15(18)19-4-2/h3,5-10H,1,4,11H2,2H3,(H,16,17)/b10-9+. The second kappa shape index (κ2) is 8.53. The minimum atomic E-state index is -0.546. The Morgan fingerprint density at radius 2 is 1.95 bits per heavy atom. The Morgan fingerprint density at radius 1 is 1.25 bits per heavy atom. The summed E-state index contributed by atoms with van der Waals surface area (Å²) in [4.78, 5) is 22.6. The van der Waals surface area contributed by atoms with Gasteiger partial charge in [0.25, 0.3) is 0 Å². The van der Waals surface area contributed by atoms with Crippen molar-refractivity contribution in [3.63, 3.8) is 0 Å². The second-order valence-corrected chi connectivity index (χ2v) is 3.70. The van der Waals surface area contributed by atoms with Crippen LogP contribution >= 0.6 is 0 Å². The molecule has 1 aromatic carbocycles. The zero-order valence-electron chi connectivity index (χ0n) is 11.3. The normalized spacial score (nSPS) is 10.1. The molecule has 0 saturated heterocycles. The van der Waals surface area contributed by atoms with Crippen molar-refractivity contribution in [1.29, 1.82) is 0 Å². The molecule has 0 atom stereocenters. The molecule has 0 fully saturated rings. The minimum absolute atomic E-state index is 0.275. The molecule has 0 bridgehead atoms. The third-order valence-electron chi connectivity index (χ3n) is 2.15. The van der Waals surface area contributed by atoms with Crippen molar-refractivity contribution in [1.82, 2.24) is 0 Å². The molecular formula is C15H17NO4. The van der Waals surface area contributed by atoms with Crippen molar-refractivity contribution in [2.24, 2.45) is 0 Å². The van der Waals surface area contributed by atoms with Gasteiger partial charge in [0.05, 0.1) is 6.61 Å². The van der Waals surface area contributed by atoms with Gasteiger partial charge in [-0.15, -0.1) is 0 Å². The average molecular weight is 275 g/mol. The maximum absolute atomic E-state index is 11.5. The number of carbonyl (C=O) groups is 2. The van der Waals surface area contributed by atoms with E-state index in [1.165, 1.54) is 0 Å². The average Bonchev–Trinajstić information content (AvgIpc) is 2.45. The van der Waals surface area contributed by atoms with Crippen molar-refractivity contribution in [2.45, 2.75) is 6.92 Å². The first-order valence-corrected chi connectivity index (χ1v) is 6.15. The van der Waals surface area contributed by atoms with Crippen LogP contribution in [0.25, 0.3) is 0 Å². The molecule has 106 valence electrons. The fourth-order valence-corrected chi connectivity index (χ4v) is 1.31. The van der Waals surface area contributed by atoms with Gasteiger partial charge >= 0.3 is 5.97 Å². The van der Waals surface area contributed by atoms with Crippen molar-refractivity contribution in [2.75, 3.05) is 18.5 Å². The van der Waals surface area contributed by atoms with E-state index >= 15 is 0 Å². The molecule has 1 aromatic rings. The highest BCUT2D eigenvalue weighted by molar-refractivity contribution is 6.02. The van der Waals surface area contributed by atoms with Crippen LogP contribution in [0.3, 0.4) is 0 Å². The highest BCUT2D eigenvalue weighted by Crippen LogP contribution is 2.15. The van der Waals surface area contributed by atoms with Crippen LogP contribution in [0, 0.1) is 0 Å². The first-order chi connectivity index (χ1) is 9.65. The van der Waals surface area contributed by atoms with E-state index in [0.717, 1.165) is 12.2 Å². The van der Waals surface area contributed by atoms with Gasteiger partial charge < -0.3 is 14.8 Å². The predicted molar refractivity (Wildman–Crippen MR) is 76.5 cm³/mol. The molecule has 0 saturated carbocycles.